The van der Waals surface area contributed by atoms with Gasteiger partial charge < -0.3 is 10.0 Å². The maximum absolute atomic E-state index is 15.2. The van der Waals surface area contributed by atoms with E-state index in [1.807, 2.05) is 0 Å². The maximum atomic E-state index is 15.2. The second kappa shape index (κ2) is 7.84. The summed E-state index contributed by atoms with van der Waals surface area (Å²) in [5.41, 5.74) is -0.987. The van der Waals surface area contributed by atoms with E-state index in [1.165, 1.54) is 29.7 Å². The number of hydrogen-bond acceptors (Lipinski definition) is 4. The first-order chi connectivity index (χ1) is 13.2. The molecule has 3 rings (SSSR count). The van der Waals surface area contributed by atoms with Crippen LogP contribution in [0.3, 0.4) is 0 Å². The van der Waals surface area contributed by atoms with Crippen molar-refractivity contribution in [2.24, 2.45) is 0 Å². The molecule has 0 bridgehead atoms. The van der Waals surface area contributed by atoms with Gasteiger partial charge in [-0.15, -0.1) is 0 Å². The van der Waals surface area contributed by atoms with Crippen molar-refractivity contribution in [2.45, 2.75) is 25.8 Å². The molecule has 11 heteroatoms. The van der Waals surface area contributed by atoms with Crippen molar-refractivity contribution < 1.29 is 27.1 Å². The molecule has 2 aromatic rings. The molecule has 0 aliphatic carbocycles. The first-order valence-corrected chi connectivity index (χ1v) is 10.1. The average Bonchev–Trinajstić information content (AvgIpc) is 3.00. The number of nitrogens with zero attached hydrogens (tertiary/aromatic N) is 4. The second-order valence-corrected chi connectivity index (χ2v) is 8.37. The zero-order chi connectivity index (χ0) is 20.5. The van der Waals surface area contributed by atoms with E-state index in [2.05, 4.69) is 4.98 Å². The summed E-state index contributed by atoms with van der Waals surface area (Å²) in [7, 11) is -2.94. The van der Waals surface area contributed by atoms with Crippen molar-refractivity contribution in [3.8, 4) is 11.3 Å². The fourth-order valence-corrected chi connectivity index (χ4v) is 4.78. The number of hydrogen-bond donors (Lipinski definition) is 1. The number of pyridine rings is 1. The Morgan fingerprint density at radius 3 is 2.57 bits per heavy atom. The average molecular weight is 414 g/mol. The van der Waals surface area contributed by atoms with Gasteiger partial charge in [0.2, 0.25) is 5.95 Å². The van der Waals surface area contributed by atoms with Gasteiger partial charge in [-0.3, -0.25) is 0 Å². The fraction of sp³-hybridized carbons (Fsp3) is 0.412. The molecule has 0 saturated carbocycles. The molecular weight excluding hydrogens is 394 g/mol. The van der Waals surface area contributed by atoms with Crippen LogP contribution in [0.2, 0.25) is 0 Å². The van der Waals surface area contributed by atoms with Gasteiger partial charge in [0.1, 0.15) is 5.69 Å². The second-order valence-electron chi connectivity index (χ2n) is 6.56. The van der Waals surface area contributed by atoms with Gasteiger partial charge in [-0.1, -0.05) is 6.42 Å². The van der Waals surface area contributed by atoms with E-state index in [9.17, 15) is 17.6 Å². The van der Waals surface area contributed by atoms with Crippen LogP contribution in [-0.2, 0) is 16.8 Å². The smallest absolute Gasteiger partial charge is 0.407 e. The van der Waals surface area contributed by atoms with E-state index in [4.69, 9.17) is 5.11 Å². The van der Waals surface area contributed by atoms with Crippen LogP contribution < -0.4 is 0 Å². The highest BCUT2D eigenvalue weighted by Crippen LogP contribution is 2.32. The summed E-state index contributed by atoms with van der Waals surface area (Å²) in [6.45, 7) is 0.168. The third kappa shape index (κ3) is 3.72. The molecule has 1 fully saturated rings. The number of rotatable bonds is 5. The molecule has 1 saturated heterocycles. The Morgan fingerprint density at radius 1 is 1.29 bits per heavy atom. The molecule has 0 unspecified atom stereocenters. The molecular formula is C17H20F2N4O4S. The van der Waals surface area contributed by atoms with Crippen molar-refractivity contribution in [2.75, 3.05) is 20.1 Å². The van der Waals surface area contributed by atoms with Crippen molar-refractivity contribution in [3.63, 3.8) is 0 Å². The highest BCUT2D eigenvalue weighted by Gasteiger charge is 2.32. The summed E-state index contributed by atoms with van der Waals surface area (Å²) in [5, 5.41) is 9.04. The highest BCUT2D eigenvalue weighted by atomic mass is 32.2. The van der Waals surface area contributed by atoms with Gasteiger partial charge in [-0.05, 0) is 25.0 Å². The molecule has 1 amide bonds. The lowest BCUT2D eigenvalue weighted by Gasteiger charge is -2.27. The van der Waals surface area contributed by atoms with Gasteiger partial charge >= 0.3 is 16.3 Å². The lowest BCUT2D eigenvalue weighted by molar-refractivity contribution is 0.153. The van der Waals surface area contributed by atoms with E-state index in [-0.39, 0.29) is 24.2 Å². The summed E-state index contributed by atoms with van der Waals surface area (Å²) in [6, 6.07) is 2.60. The monoisotopic (exact) mass is 414 g/mol. The molecule has 2 aromatic heterocycles. The predicted octanol–water partition coefficient (Wildman–Crippen LogP) is 2.52. The Morgan fingerprint density at radius 2 is 1.96 bits per heavy atom. The van der Waals surface area contributed by atoms with Gasteiger partial charge in [-0.25, -0.2) is 18.1 Å². The molecule has 0 spiro atoms. The third-order valence-corrected chi connectivity index (χ3v) is 6.42. The summed E-state index contributed by atoms with van der Waals surface area (Å²) >= 11 is 0. The molecule has 1 N–H and O–H groups in total. The topological polar surface area (TPSA) is 95.7 Å². The number of halogens is 2. The maximum Gasteiger partial charge on any atom is 0.407 e. The normalized spacial score (nSPS) is 15.5. The van der Waals surface area contributed by atoms with E-state index in [1.54, 1.807) is 0 Å². The molecule has 3 heterocycles. The molecule has 1 aliphatic rings. The SMILES string of the molecule is CN(Cc1cn(S(=O)(=O)N2CCCCC2)c(-c2cccnc2F)c1F)C(=O)O. The first-order valence-electron chi connectivity index (χ1n) is 8.68. The minimum absolute atomic E-state index is 0.177. The van der Waals surface area contributed by atoms with Crippen molar-refractivity contribution in [3.05, 3.63) is 41.9 Å². The van der Waals surface area contributed by atoms with E-state index in [0.29, 0.717) is 16.8 Å². The lowest BCUT2D eigenvalue weighted by atomic mass is 10.2. The van der Waals surface area contributed by atoms with Crippen LogP contribution >= 0.6 is 0 Å². The van der Waals surface area contributed by atoms with Gasteiger partial charge in [0, 0.05) is 38.1 Å². The van der Waals surface area contributed by atoms with E-state index < -0.39 is 40.3 Å². The summed E-state index contributed by atoms with van der Waals surface area (Å²) in [5.74, 6) is -2.02. The quantitative estimate of drug-likeness (QED) is 0.759. The Labute approximate surface area is 161 Å². The molecule has 0 aromatic carbocycles. The third-order valence-electron chi connectivity index (χ3n) is 4.62. The fourth-order valence-electron chi connectivity index (χ4n) is 3.15. The summed E-state index contributed by atoms with van der Waals surface area (Å²) in [4.78, 5) is 15.4. The molecule has 8 nitrogen and oxygen atoms in total. The number of aromatic nitrogens is 2. The molecule has 0 atom stereocenters. The van der Waals surface area contributed by atoms with Crippen LogP contribution in [0.15, 0.2) is 24.5 Å². The number of carboxylic acid groups (broad SMARTS) is 1. The van der Waals surface area contributed by atoms with E-state index in [0.717, 1.165) is 17.5 Å². The largest absolute Gasteiger partial charge is 0.465 e. The summed E-state index contributed by atoms with van der Waals surface area (Å²) in [6.07, 6.45) is 3.12. The Kier molecular flexibility index (Phi) is 5.66. The Hall–Kier alpha value is -2.53. The van der Waals surface area contributed by atoms with Crippen LogP contribution in [0.4, 0.5) is 13.6 Å². The zero-order valence-corrected chi connectivity index (χ0v) is 16.0. The summed E-state index contributed by atoms with van der Waals surface area (Å²) < 4.78 is 57.6. The Balaban J connectivity index is 2.17. The van der Waals surface area contributed by atoms with E-state index >= 15 is 4.39 Å². The van der Waals surface area contributed by atoms with Gasteiger partial charge in [-0.2, -0.15) is 17.1 Å². The van der Waals surface area contributed by atoms with Crippen molar-refractivity contribution in [1.82, 2.24) is 18.2 Å². The van der Waals surface area contributed by atoms with Crippen LogP contribution in [0.5, 0.6) is 0 Å². The standard InChI is InChI=1S/C17H20F2N4O4S/c1-21(17(24)25)10-12-11-23(28(26,27)22-8-3-2-4-9-22)15(14(12)18)13-6-5-7-20-16(13)19/h5-7,11H,2-4,8-10H2,1H3,(H,24,25). The minimum Gasteiger partial charge on any atom is -0.465 e. The predicted molar refractivity (Wildman–Crippen MR) is 96.8 cm³/mol. The van der Waals surface area contributed by atoms with Crippen LogP contribution in [0.1, 0.15) is 24.8 Å². The minimum atomic E-state index is -4.17. The van der Waals surface area contributed by atoms with Crippen LogP contribution in [-0.4, -0.2) is 57.9 Å². The van der Waals surface area contributed by atoms with Crippen LogP contribution in [0, 0.1) is 11.8 Å². The number of piperidine rings is 1. The molecule has 0 radical (unpaired) electrons. The van der Waals surface area contributed by atoms with Crippen molar-refractivity contribution in [1.29, 1.82) is 0 Å². The van der Waals surface area contributed by atoms with Gasteiger partial charge in [0.25, 0.3) is 0 Å². The van der Waals surface area contributed by atoms with Crippen LogP contribution in [0.25, 0.3) is 11.3 Å². The number of carbonyl (C=O) groups is 1. The highest BCUT2D eigenvalue weighted by molar-refractivity contribution is 7.87. The van der Waals surface area contributed by atoms with Gasteiger partial charge in [0.15, 0.2) is 5.82 Å². The first kappa shape index (κ1) is 20.2. The lowest BCUT2D eigenvalue weighted by Crippen LogP contribution is -2.39. The zero-order valence-electron chi connectivity index (χ0n) is 15.2. The molecule has 152 valence electrons. The van der Waals surface area contributed by atoms with Gasteiger partial charge in [0.05, 0.1) is 12.1 Å². The molecule has 28 heavy (non-hydrogen) atoms. The van der Waals surface area contributed by atoms with Crippen molar-refractivity contribution >= 4 is 16.3 Å². The Bertz CT molecular complexity index is 987. The molecule has 1 aliphatic heterocycles. The number of amides is 1.